The monoisotopic (exact) mass is 512 g/mol. The number of ether oxygens (including phenoxy) is 1. The third-order valence-electron chi connectivity index (χ3n) is 5.71. The van der Waals surface area contributed by atoms with Gasteiger partial charge in [-0.25, -0.2) is 0 Å². The van der Waals surface area contributed by atoms with Crippen LogP contribution in [0.1, 0.15) is 30.5 Å². The highest BCUT2D eigenvalue weighted by atomic mass is 35.5. The zero-order valence-corrected chi connectivity index (χ0v) is 21.6. The second-order valence-corrected chi connectivity index (χ2v) is 9.47. The Morgan fingerprint density at radius 3 is 2.23 bits per heavy atom. The summed E-state index contributed by atoms with van der Waals surface area (Å²) in [6, 6.07) is 21.7. The van der Waals surface area contributed by atoms with Crippen LogP contribution in [0.3, 0.4) is 0 Å². The lowest BCUT2D eigenvalue weighted by molar-refractivity contribution is -0.143. The second kappa shape index (κ2) is 12.6. The van der Waals surface area contributed by atoms with Gasteiger partial charge in [-0.2, -0.15) is 0 Å². The van der Waals surface area contributed by atoms with Crippen molar-refractivity contribution in [3.8, 4) is 5.75 Å². The summed E-state index contributed by atoms with van der Waals surface area (Å²) < 4.78 is 5.25. The Kier molecular flexibility index (Phi) is 9.58. The van der Waals surface area contributed by atoms with E-state index >= 15 is 0 Å². The first-order valence-corrected chi connectivity index (χ1v) is 12.2. The molecule has 1 N–H and O–H groups in total. The summed E-state index contributed by atoms with van der Waals surface area (Å²) >= 11 is 12.3. The summed E-state index contributed by atoms with van der Waals surface area (Å²) in [7, 11) is 1.61. The topological polar surface area (TPSA) is 58.6 Å². The van der Waals surface area contributed by atoms with Crippen LogP contribution in [0.4, 0.5) is 0 Å². The molecule has 0 heterocycles. The summed E-state index contributed by atoms with van der Waals surface area (Å²) in [6.07, 6.45) is 0.385. The molecule has 5 nitrogen and oxygen atoms in total. The van der Waals surface area contributed by atoms with Gasteiger partial charge in [0.25, 0.3) is 0 Å². The quantitative estimate of drug-likeness (QED) is 0.367. The average molecular weight is 513 g/mol. The summed E-state index contributed by atoms with van der Waals surface area (Å²) in [5, 5.41) is 3.98. The van der Waals surface area contributed by atoms with E-state index in [1.807, 2.05) is 68.4 Å². The molecule has 3 aromatic rings. The number of benzene rings is 3. The van der Waals surface area contributed by atoms with Crippen LogP contribution < -0.4 is 10.1 Å². The van der Waals surface area contributed by atoms with Crippen LogP contribution in [0.5, 0.6) is 5.75 Å². The lowest BCUT2D eigenvalue weighted by Crippen LogP contribution is -2.51. The Morgan fingerprint density at radius 2 is 1.63 bits per heavy atom. The molecule has 7 heteroatoms. The molecule has 0 radical (unpaired) electrons. The Balaban J connectivity index is 1.90. The number of carbonyl (C=O) groups excluding carboxylic acids is 2. The molecule has 3 rings (SSSR count). The number of halogens is 2. The molecule has 184 valence electrons. The minimum absolute atomic E-state index is 0.0959. The molecule has 0 bridgehead atoms. The van der Waals surface area contributed by atoms with Gasteiger partial charge in [-0.15, -0.1) is 0 Å². The van der Waals surface area contributed by atoms with Crippen molar-refractivity contribution in [1.82, 2.24) is 10.2 Å². The van der Waals surface area contributed by atoms with Gasteiger partial charge in [0.05, 0.1) is 7.11 Å². The predicted molar refractivity (Wildman–Crippen MR) is 141 cm³/mol. The van der Waals surface area contributed by atoms with E-state index in [-0.39, 0.29) is 24.3 Å². The average Bonchev–Trinajstić information content (AvgIpc) is 2.86. The molecular weight excluding hydrogens is 483 g/mol. The van der Waals surface area contributed by atoms with Crippen LogP contribution in [-0.4, -0.2) is 29.9 Å². The highest BCUT2D eigenvalue weighted by Gasteiger charge is 2.31. The summed E-state index contributed by atoms with van der Waals surface area (Å²) in [4.78, 5) is 28.6. The van der Waals surface area contributed by atoms with Crippen LogP contribution in [0.25, 0.3) is 0 Å². The molecule has 0 spiro atoms. The standard InChI is InChI=1S/C28H30Cl2N2O3/c1-19(2)28(34)32(18-21-9-13-24(35-3)14-10-21)26(15-20-7-5-4-6-8-20)27(33)31-17-22-11-12-23(29)16-25(22)30/h4-14,16,19,26H,15,17-18H2,1-3H3,(H,31,33)/t26-/m0/s1. The molecule has 35 heavy (non-hydrogen) atoms. The summed E-state index contributed by atoms with van der Waals surface area (Å²) in [5.74, 6) is 0.114. The molecule has 0 fully saturated rings. The number of amides is 2. The molecule has 0 saturated heterocycles. The SMILES string of the molecule is COc1ccc(CN(C(=O)C(C)C)[C@@H](Cc2ccccc2)C(=O)NCc2ccc(Cl)cc2Cl)cc1. The molecular formula is C28H30Cl2N2O3. The molecule has 0 unspecified atom stereocenters. The van der Waals surface area contributed by atoms with Crippen molar-refractivity contribution in [3.05, 3.63) is 99.5 Å². The van der Waals surface area contributed by atoms with E-state index in [4.69, 9.17) is 27.9 Å². The Hall–Kier alpha value is -3.02. The van der Waals surface area contributed by atoms with Gasteiger partial charge in [0.15, 0.2) is 0 Å². The van der Waals surface area contributed by atoms with Crippen molar-refractivity contribution in [2.24, 2.45) is 5.92 Å². The largest absolute Gasteiger partial charge is 0.497 e. The molecule has 2 amide bonds. The van der Waals surface area contributed by atoms with Gasteiger partial charge in [0.1, 0.15) is 11.8 Å². The fourth-order valence-corrected chi connectivity index (χ4v) is 4.22. The minimum Gasteiger partial charge on any atom is -0.497 e. The molecule has 0 aromatic heterocycles. The number of nitrogens with zero attached hydrogens (tertiary/aromatic N) is 1. The number of hydrogen-bond acceptors (Lipinski definition) is 3. The highest BCUT2D eigenvalue weighted by Crippen LogP contribution is 2.22. The van der Waals surface area contributed by atoms with Crippen LogP contribution in [0, 0.1) is 5.92 Å². The number of carbonyl (C=O) groups is 2. The summed E-state index contributed by atoms with van der Waals surface area (Å²) in [6.45, 7) is 4.21. The Bertz CT molecular complexity index is 1130. The van der Waals surface area contributed by atoms with Gasteiger partial charge in [0.2, 0.25) is 11.8 Å². The first kappa shape index (κ1) is 26.6. The fourth-order valence-electron chi connectivity index (χ4n) is 3.75. The number of nitrogens with one attached hydrogen (secondary N) is 1. The number of methoxy groups -OCH3 is 1. The van der Waals surface area contributed by atoms with E-state index < -0.39 is 6.04 Å². The van der Waals surface area contributed by atoms with Crippen LogP contribution >= 0.6 is 23.2 Å². The second-order valence-electron chi connectivity index (χ2n) is 8.63. The zero-order valence-electron chi connectivity index (χ0n) is 20.1. The third-order valence-corrected chi connectivity index (χ3v) is 6.29. The van der Waals surface area contributed by atoms with Crippen LogP contribution in [-0.2, 0) is 29.1 Å². The summed E-state index contributed by atoms with van der Waals surface area (Å²) in [5.41, 5.74) is 2.62. The van der Waals surface area contributed by atoms with Gasteiger partial charge >= 0.3 is 0 Å². The van der Waals surface area contributed by atoms with Gasteiger partial charge in [-0.05, 0) is 41.0 Å². The lowest BCUT2D eigenvalue weighted by Gasteiger charge is -2.33. The zero-order chi connectivity index (χ0) is 25.4. The van der Waals surface area contributed by atoms with E-state index in [1.54, 1.807) is 30.2 Å². The van der Waals surface area contributed by atoms with Crippen molar-refractivity contribution < 1.29 is 14.3 Å². The van der Waals surface area contributed by atoms with Crippen molar-refractivity contribution in [2.75, 3.05) is 7.11 Å². The van der Waals surface area contributed by atoms with E-state index in [0.29, 0.717) is 23.0 Å². The normalized spacial score (nSPS) is 11.7. The van der Waals surface area contributed by atoms with Crippen molar-refractivity contribution in [1.29, 1.82) is 0 Å². The molecule has 1 atom stereocenters. The number of rotatable bonds is 10. The number of hydrogen-bond donors (Lipinski definition) is 1. The van der Waals surface area contributed by atoms with Gasteiger partial charge in [0, 0.05) is 35.5 Å². The minimum atomic E-state index is -0.708. The Labute approximate surface area is 217 Å². The van der Waals surface area contributed by atoms with E-state index in [9.17, 15) is 9.59 Å². The Morgan fingerprint density at radius 1 is 0.943 bits per heavy atom. The smallest absolute Gasteiger partial charge is 0.243 e. The third kappa shape index (κ3) is 7.48. The van der Waals surface area contributed by atoms with Crippen molar-refractivity contribution in [3.63, 3.8) is 0 Å². The molecule has 0 aliphatic heterocycles. The first-order chi connectivity index (χ1) is 16.8. The van der Waals surface area contributed by atoms with E-state index in [0.717, 1.165) is 22.4 Å². The maximum Gasteiger partial charge on any atom is 0.243 e. The lowest BCUT2D eigenvalue weighted by atomic mass is 10.0. The maximum absolute atomic E-state index is 13.6. The van der Waals surface area contributed by atoms with Crippen LogP contribution in [0.2, 0.25) is 10.0 Å². The van der Waals surface area contributed by atoms with E-state index in [1.165, 1.54) is 0 Å². The maximum atomic E-state index is 13.6. The van der Waals surface area contributed by atoms with E-state index in [2.05, 4.69) is 5.32 Å². The van der Waals surface area contributed by atoms with Gasteiger partial charge in [-0.3, -0.25) is 9.59 Å². The molecule has 0 aliphatic rings. The van der Waals surface area contributed by atoms with Crippen molar-refractivity contribution >= 4 is 35.0 Å². The van der Waals surface area contributed by atoms with Crippen molar-refractivity contribution in [2.45, 2.75) is 39.4 Å². The van der Waals surface area contributed by atoms with Gasteiger partial charge < -0.3 is 15.0 Å². The molecule has 0 aliphatic carbocycles. The molecule has 3 aromatic carbocycles. The molecule has 0 saturated carbocycles. The van der Waals surface area contributed by atoms with Gasteiger partial charge in [-0.1, -0.05) is 85.6 Å². The highest BCUT2D eigenvalue weighted by molar-refractivity contribution is 6.35. The van der Waals surface area contributed by atoms with Crippen LogP contribution in [0.15, 0.2) is 72.8 Å². The predicted octanol–water partition coefficient (Wildman–Crippen LogP) is 5.91. The fraction of sp³-hybridized carbons (Fsp3) is 0.286. The first-order valence-electron chi connectivity index (χ1n) is 11.5.